The van der Waals surface area contributed by atoms with E-state index in [0.717, 1.165) is 31.9 Å². The first-order valence-corrected chi connectivity index (χ1v) is 15.1. The molecule has 0 spiro atoms. The van der Waals surface area contributed by atoms with Crippen LogP contribution in [0.25, 0.3) is 0 Å². The van der Waals surface area contributed by atoms with Crippen molar-refractivity contribution in [2.45, 2.75) is 69.0 Å². The molecule has 4 N–H and O–H groups in total. The molecule has 0 unspecified atom stereocenters. The number of benzene rings is 2. The largest absolute Gasteiger partial charge is 0.490 e. The summed E-state index contributed by atoms with van der Waals surface area (Å²) in [5.74, 6) is -2.46. The lowest BCUT2D eigenvalue weighted by Gasteiger charge is -2.31. The van der Waals surface area contributed by atoms with Crippen LogP contribution in [-0.2, 0) is 14.8 Å². The summed E-state index contributed by atoms with van der Waals surface area (Å²) in [7, 11) is -3.81. The van der Waals surface area contributed by atoms with Crippen LogP contribution in [0.5, 0.6) is 0 Å². The third-order valence-corrected chi connectivity index (χ3v) is 8.27. The van der Waals surface area contributed by atoms with Crippen LogP contribution in [0.15, 0.2) is 47.4 Å². The Morgan fingerprint density at radius 2 is 1.59 bits per heavy atom. The number of nitrogens with zero attached hydrogens (tertiary/aromatic N) is 1. The van der Waals surface area contributed by atoms with E-state index < -0.39 is 22.2 Å². The third-order valence-electron chi connectivity index (χ3n) is 6.89. The summed E-state index contributed by atoms with van der Waals surface area (Å²) in [6.07, 6.45) is 1.02. The highest BCUT2D eigenvalue weighted by molar-refractivity contribution is 7.92. The summed E-state index contributed by atoms with van der Waals surface area (Å²) in [5.41, 5.74) is 2.85. The highest BCUT2D eigenvalue weighted by Crippen LogP contribution is 2.34. The maximum absolute atomic E-state index is 13.3. The zero-order valence-corrected chi connectivity index (χ0v) is 23.9. The highest BCUT2D eigenvalue weighted by Gasteiger charge is 2.38. The number of carbonyl (C=O) groups is 2. The molecule has 4 rings (SSSR count). The van der Waals surface area contributed by atoms with Crippen LogP contribution in [0.2, 0.25) is 0 Å². The van der Waals surface area contributed by atoms with Gasteiger partial charge < -0.3 is 20.6 Å². The number of hydrogen-bond acceptors (Lipinski definition) is 6. The fourth-order valence-electron chi connectivity index (χ4n) is 4.84. The second kappa shape index (κ2) is 14.0. The summed E-state index contributed by atoms with van der Waals surface area (Å²) in [6, 6.07) is 12.5. The van der Waals surface area contributed by atoms with Gasteiger partial charge in [0, 0.05) is 37.8 Å². The number of anilines is 2. The third kappa shape index (κ3) is 9.35. The first-order valence-electron chi connectivity index (χ1n) is 13.6. The SMILES string of the molecule is CC(C)NC(=O)c1ccc(N2CCNCC2)c(NS(=O)(=O)c2ccc(C3CCCCC3)cc2)c1.O=C(O)C(F)(F)F. The Kier molecular flexibility index (Phi) is 11.0. The molecule has 2 aromatic carbocycles. The minimum absolute atomic E-state index is 0.0110. The lowest BCUT2D eigenvalue weighted by molar-refractivity contribution is -0.192. The normalized spacial score (nSPS) is 16.5. The molecule has 0 bridgehead atoms. The van der Waals surface area contributed by atoms with Gasteiger partial charge in [0.25, 0.3) is 15.9 Å². The van der Waals surface area contributed by atoms with E-state index in [0.29, 0.717) is 17.2 Å². The zero-order valence-electron chi connectivity index (χ0n) is 23.1. The van der Waals surface area contributed by atoms with Gasteiger partial charge >= 0.3 is 12.1 Å². The second-order valence-corrected chi connectivity index (χ2v) is 12.1. The molecule has 9 nitrogen and oxygen atoms in total. The number of carboxylic acids is 1. The quantitative estimate of drug-likeness (QED) is 0.363. The monoisotopic (exact) mass is 598 g/mol. The second-order valence-electron chi connectivity index (χ2n) is 10.4. The number of halogens is 3. The number of rotatable bonds is 7. The van der Waals surface area contributed by atoms with E-state index in [2.05, 4.69) is 20.3 Å². The van der Waals surface area contributed by atoms with E-state index in [4.69, 9.17) is 9.90 Å². The van der Waals surface area contributed by atoms with E-state index in [1.54, 1.807) is 24.3 Å². The van der Waals surface area contributed by atoms with Crippen LogP contribution in [0, 0.1) is 0 Å². The molecule has 1 saturated carbocycles. The lowest BCUT2D eigenvalue weighted by atomic mass is 9.84. The predicted molar refractivity (Wildman–Crippen MR) is 151 cm³/mol. The predicted octanol–water partition coefficient (Wildman–Crippen LogP) is 4.72. The van der Waals surface area contributed by atoms with Crippen molar-refractivity contribution in [2.24, 2.45) is 0 Å². The maximum Gasteiger partial charge on any atom is 0.490 e. The molecule has 1 saturated heterocycles. The first kappa shape index (κ1) is 32.2. The van der Waals surface area contributed by atoms with Crippen molar-refractivity contribution in [1.29, 1.82) is 0 Å². The van der Waals surface area contributed by atoms with Crippen molar-refractivity contribution < 1.29 is 36.3 Å². The molecule has 2 aliphatic rings. The average Bonchev–Trinajstić information content (AvgIpc) is 2.93. The number of aliphatic carboxylic acids is 1. The van der Waals surface area contributed by atoms with E-state index in [1.165, 1.54) is 37.7 Å². The summed E-state index contributed by atoms with van der Waals surface area (Å²) in [5, 5.41) is 13.3. The molecule has 0 atom stereocenters. The van der Waals surface area contributed by atoms with E-state index >= 15 is 0 Å². The zero-order chi connectivity index (χ0) is 30.2. The van der Waals surface area contributed by atoms with Crippen molar-refractivity contribution in [3.8, 4) is 0 Å². The first-order chi connectivity index (χ1) is 19.3. The Balaban J connectivity index is 0.000000587. The topological polar surface area (TPSA) is 128 Å². The molecule has 2 fully saturated rings. The molecule has 0 aromatic heterocycles. The number of carbonyl (C=O) groups excluding carboxylic acids is 1. The van der Waals surface area contributed by atoms with Gasteiger partial charge in [-0.2, -0.15) is 13.2 Å². The number of amides is 1. The van der Waals surface area contributed by atoms with Crippen molar-refractivity contribution in [3.63, 3.8) is 0 Å². The van der Waals surface area contributed by atoms with Crippen LogP contribution in [0.1, 0.15) is 67.8 Å². The molecule has 13 heteroatoms. The van der Waals surface area contributed by atoms with Crippen LogP contribution in [-0.4, -0.2) is 63.8 Å². The van der Waals surface area contributed by atoms with Crippen molar-refractivity contribution >= 4 is 33.3 Å². The number of sulfonamides is 1. The Morgan fingerprint density at radius 1 is 1.00 bits per heavy atom. The van der Waals surface area contributed by atoms with Gasteiger partial charge in [0.05, 0.1) is 16.3 Å². The minimum atomic E-state index is -5.08. The van der Waals surface area contributed by atoms with Gasteiger partial charge in [0.1, 0.15) is 0 Å². The molecule has 2 aromatic rings. The summed E-state index contributed by atoms with van der Waals surface area (Å²) in [4.78, 5) is 23.9. The van der Waals surface area contributed by atoms with Crippen LogP contribution in [0.4, 0.5) is 24.5 Å². The molecule has 1 amide bonds. The molecule has 226 valence electrons. The molecule has 1 heterocycles. The summed E-state index contributed by atoms with van der Waals surface area (Å²) < 4.78 is 61.2. The number of carboxylic acid groups (broad SMARTS) is 1. The highest BCUT2D eigenvalue weighted by atomic mass is 32.2. The van der Waals surface area contributed by atoms with Gasteiger partial charge in [-0.15, -0.1) is 0 Å². The standard InChI is InChI=1S/C26H36N4O3S.C2HF3O2/c1-19(2)28-26(31)22-10-13-25(30-16-14-27-15-17-30)24(18-22)29-34(32,33)23-11-8-21(9-12-23)20-6-4-3-5-7-20;3-2(4,5)1(6)7/h8-13,18-20,27,29H,3-7,14-17H2,1-2H3,(H,28,31);(H,6,7). The number of hydrogen-bond donors (Lipinski definition) is 4. The van der Waals surface area contributed by atoms with Gasteiger partial charge in [-0.1, -0.05) is 31.4 Å². The number of alkyl halides is 3. The maximum atomic E-state index is 13.3. The van der Waals surface area contributed by atoms with E-state index in [-0.39, 0.29) is 16.8 Å². The van der Waals surface area contributed by atoms with Crippen LogP contribution < -0.4 is 20.3 Å². The smallest absolute Gasteiger partial charge is 0.475 e. The van der Waals surface area contributed by atoms with Crippen molar-refractivity contribution in [1.82, 2.24) is 10.6 Å². The van der Waals surface area contributed by atoms with Gasteiger partial charge in [-0.05, 0) is 68.5 Å². The van der Waals surface area contributed by atoms with Crippen molar-refractivity contribution in [2.75, 3.05) is 35.8 Å². The molecule has 41 heavy (non-hydrogen) atoms. The Hall–Kier alpha value is -3.32. The fourth-order valence-corrected chi connectivity index (χ4v) is 5.91. The molecular weight excluding hydrogens is 561 g/mol. The van der Waals surface area contributed by atoms with Crippen molar-refractivity contribution in [3.05, 3.63) is 53.6 Å². The van der Waals surface area contributed by atoms with Gasteiger partial charge in [-0.3, -0.25) is 9.52 Å². The lowest BCUT2D eigenvalue weighted by Crippen LogP contribution is -2.43. The summed E-state index contributed by atoms with van der Waals surface area (Å²) in [6.45, 7) is 6.97. The number of piperazine rings is 1. The minimum Gasteiger partial charge on any atom is -0.475 e. The van der Waals surface area contributed by atoms with Crippen LogP contribution >= 0.6 is 0 Å². The van der Waals surface area contributed by atoms with Gasteiger partial charge in [-0.25, -0.2) is 13.2 Å². The Bertz CT molecular complexity index is 1290. The fraction of sp³-hybridized carbons (Fsp3) is 0.500. The summed E-state index contributed by atoms with van der Waals surface area (Å²) >= 11 is 0. The Morgan fingerprint density at radius 3 is 2.12 bits per heavy atom. The Labute approximate surface area is 238 Å². The van der Waals surface area contributed by atoms with Gasteiger partial charge in [0.2, 0.25) is 0 Å². The molecule has 0 radical (unpaired) electrons. The van der Waals surface area contributed by atoms with E-state index in [1.807, 2.05) is 32.0 Å². The molecule has 1 aliphatic heterocycles. The molecular formula is C28H37F3N4O5S. The molecule has 1 aliphatic carbocycles. The van der Waals surface area contributed by atoms with Crippen LogP contribution in [0.3, 0.4) is 0 Å². The number of nitrogens with one attached hydrogen (secondary N) is 3. The van der Waals surface area contributed by atoms with Gasteiger partial charge in [0.15, 0.2) is 0 Å². The average molecular weight is 599 g/mol. The van der Waals surface area contributed by atoms with E-state index in [9.17, 15) is 26.4 Å².